The van der Waals surface area contributed by atoms with Gasteiger partial charge in [-0.3, -0.25) is 0 Å². The number of nitrogen functional groups attached to an aromatic ring is 1. The fourth-order valence-electron chi connectivity index (χ4n) is 2.43. The molecule has 0 radical (unpaired) electrons. The Morgan fingerprint density at radius 1 is 1.07 bits per heavy atom. The molecule has 1 heterocycles. The van der Waals surface area contributed by atoms with Gasteiger partial charge in [0.2, 0.25) is 11.9 Å². The van der Waals surface area contributed by atoms with Crippen LogP contribution in [0.1, 0.15) is 17.0 Å². The SMILES string of the molecule is Cc1cccc(OCC(=O)OCc2nc(N)nc(Nc3ccccc3C)n2)c1. The fraction of sp³-hybridized carbons (Fsp3) is 0.200. The summed E-state index contributed by atoms with van der Waals surface area (Å²) >= 11 is 0. The van der Waals surface area contributed by atoms with E-state index in [9.17, 15) is 4.79 Å². The van der Waals surface area contributed by atoms with Gasteiger partial charge in [-0.05, 0) is 43.2 Å². The number of hydrogen-bond acceptors (Lipinski definition) is 8. The van der Waals surface area contributed by atoms with Crippen molar-refractivity contribution in [2.75, 3.05) is 17.7 Å². The number of aromatic nitrogens is 3. The summed E-state index contributed by atoms with van der Waals surface area (Å²) in [5.41, 5.74) is 8.66. The summed E-state index contributed by atoms with van der Waals surface area (Å²) in [6, 6.07) is 15.1. The van der Waals surface area contributed by atoms with E-state index in [0.717, 1.165) is 16.8 Å². The minimum atomic E-state index is -0.533. The molecule has 8 nitrogen and oxygen atoms in total. The molecule has 0 unspecified atom stereocenters. The summed E-state index contributed by atoms with van der Waals surface area (Å²) in [5, 5.41) is 3.09. The van der Waals surface area contributed by atoms with Gasteiger partial charge in [0.15, 0.2) is 19.0 Å². The third kappa shape index (κ3) is 5.41. The highest BCUT2D eigenvalue weighted by atomic mass is 16.6. The molecule has 0 aliphatic heterocycles. The van der Waals surface area contributed by atoms with Gasteiger partial charge in [0.05, 0.1) is 0 Å². The van der Waals surface area contributed by atoms with Gasteiger partial charge in [-0.25, -0.2) is 4.79 Å². The number of carbonyl (C=O) groups is 1. The van der Waals surface area contributed by atoms with Crippen LogP contribution in [0.25, 0.3) is 0 Å². The molecule has 2 aromatic carbocycles. The Labute approximate surface area is 162 Å². The average molecular weight is 379 g/mol. The van der Waals surface area contributed by atoms with Crippen LogP contribution < -0.4 is 15.8 Å². The Morgan fingerprint density at radius 3 is 2.68 bits per heavy atom. The van der Waals surface area contributed by atoms with E-state index in [0.29, 0.717) is 5.75 Å². The molecule has 8 heteroatoms. The van der Waals surface area contributed by atoms with E-state index < -0.39 is 5.97 Å². The molecule has 0 aliphatic carbocycles. The highest BCUT2D eigenvalue weighted by molar-refractivity contribution is 5.71. The summed E-state index contributed by atoms with van der Waals surface area (Å²) in [5.74, 6) is 0.629. The van der Waals surface area contributed by atoms with Crippen LogP contribution in [0, 0.1) is 13.8 Å². The number of benzene rings is 2. The molecule has 0 saturated carbocycles. The quantitative estimate of drug-likeness (QED) is 0.603. The first-order valence-electron chi connectivity index (χ1n) is 8.68. The average Bonchev–Trinajstić information content (AvgIpc) is 2.66. The Hall–Kier alpha value is -3.68. The summed E-state index contributed by atoms with van der Waals surface area (Å²) in [7, 11) is 0. The lowest BCUT2D eigenvalue weighted by atomic mass is 10.2. The molecule has 0 atom stereocenters. The number of rotatable bonds is 7. The van der Waals surface area contributed by atoms with Crippen molar-refractivity contribution >= 4 is 23.6 Å². The lowest BCUT2D eigenvalue weighted by Crippen LogP contribution is -2.16. The third-order valence-corrected chi connectivity index (χ3v) is 3.80. The van der Waals surface area contributed by atoms with Gasteiger partial charge in [0, 0.05) is 5.69 Å². The highest BCUT2D eigenvalue weighted by Crippen LogP contribution is 2.18. The molecular formula is C20H21N5O3. The van der Waals surface area contributed by atoms with Gasteiger partial charge in [-0.15, -0.1) is 0 Å². The van der Waals surface area contributed by atoms with Gasteiger partial charge in [-0.2, -0.15) is 15.0 Å². The van der Waals surface area contributed by atoms with E-state index in [1.54, 1.807) is 6.07 Å². The maximum Gasteiger partial charge on any atom is 0.344 e. The first-order valence-corrected chi connectivity index (χ1v) is 8.68. The van der Waals surface area contributed by atoms with Crippen molar-refractivity contribution in [1.29, 1.82) is 0 Å². The molecule has 0 saturated heterocycles. The van der Waals surface area contributed by atoms with Crippen molar-refractivity contribution in [1.82, 2.24) is 15.0 Å². The summed E-state index contributed by atoms with van der Waals surface area (Å²) in [6.07, 6.45) is 0. The number of ether oxygens (including phenoxy) is 2. The molecule has 28 heavy (non-hydrogen) atoms. The largest absolute Gasteiger partial charge is 0.482 e. The molecular weight excluding hydrogens is 358 g/mol. The monoisotopic (exact) mass is 379 g/mol. The zero-order valence-corrected chi connectivity index (χ0v) is 15.7. The molecule has 1 aromatic heterocycles. The van der Waals surface area contributed by atoms with E-state index in [2.05, 4.69) is 20.3 Å². The normalized spacial score (nSPS) is 10.4. The van der Waals surface area contributed by atoms with Crippen molar-refractivity contribution < 1.29 is 14.3 Å². The summed E-state index contributed by atoms with van der Waals surface area (Å²) in [6.45, 7) is 3.56. The van der Waals surface area contributed by atoms with Crippen LogP contribution in [0.3, 0.4) is 0 Å². The number of esters is 1. The van der Waals surface area contributed by atoms with Gasteiger partial charge in [-0.1, -0.05) is 30.3 Å². The third-order valence-electron chi connectivity index (χ3n) is 3.80. The van der Waals surface area contributed by atoms with Gasteiger partial charge < -0.3 is 20.5 Å². The minimum absolute atomic E-state index is 0.0353. The Balaban J connectivity index is 1.57. The van der Waals surface area contributed by atoms with Crippen LogP contribution in [0.4, 0.5) is 17.6 Å². The van der Waals surface area contributed by atoms with E-state index in [1.807, 2.05) is 56.3 Å². The Bertz CT molecular complexity index is 978. The van der Waals surface area contributed by atoms with E-state index >= 15 is 0 Å². The van der Waals surface area contributed by atoms with Gasteiger partial charge in [0.1, 0.15) is 5.75 Å². The lowest BCUT2D eigenvalue weighted by molar-refractivity contribution is -0.147. The van der Waals surface area contributed by atoms with Crippen molar-refractivity contribution in [3.8, 4) is 5.75 Å². The van der Waals surface area contributed by atoms with Crippen molar-refractivity contribution in [2.24, 2.45) is 0 Å². The molecule has 3 rings (SSSR count). The second kappa shape index (κ2) is 8.81. The number of nitrogens with two attached hydrogens (primary N) is 1. The van der Waals surface area contributed by atoms with Crippen LogP contribution in [0.15, 0.2) is 48.5 Å². The minimum Gasteiger partial charge on any atom is -0.482 e. The van der Waals surface area contributed by atoms with E-state index in [-0.39, 0.29) is 30.9 Å². The molecule has 0 spiro atoms. The zero-order chi connectivity index (χ0) is 19.9. The first kappa shape index (κ1) is 19.1. The highest BCUT2D eigenvalue weighted by Gasteiger charge is 2.10. The molecule has 144 valence electrons. The van der Waals surface area contributed by atoms with Gasteiger partial charge >= 0.3 is 5.97 Å². The number of nitrogens with zero attached hydrogens (tertiary/aromatic N) is 3. The molecule has 0 amide bonds. The standard InChI is InChI=1S/C20H21N5O3/c1-13-6-5-8-15(10-13)27-12-18(26)28-11-17-23-19(21)25-20(24-17)22-16-9-4-3-7-14(16)2/h3-10H,11-12H2,1-2H3,(H3,21,22,23,24,25). The Morgan fingerprint density at radius 2 is 1.89 bits per heavy atom. The second-order valence-electron chi connectivity index (χ2n) is 6.14. The first-order chi connectivity index (χ1) is 13.5. The predicted molar refractivity (Wildman–Crippen MR) is 105 cm³/mol. The smallest absolute Gasteiger partial charge is 0.344 e. The Kier molecular flexibility index (Phi) is 6.01. The number of aryl methyl sites for hydroxylation is 2. The van der Waals surface area contributed by atoms with Crippen LogP contribution in [0.5, 0.6) is 5.75 Å². The number of hydrogen-bond donors (Lipinski definition) is 2. The van der Waals surface area contributed by atoms with E-state index in [4.69, 9.17) is 15.2 Å². The van der Waals surface area contributed by atoms with Crippen molar-refractivity contribution in [3.63, 3.8) is 0 Å². The fourth-order valence-corrected chi connectivity index (χ4v) is 2.43. The van der Waals surface area contributed by atoms with Crippen LogP contribution in [-0.4, -0.2) is 27.5 Å². The van der Waals surface area contributed by atoms with Crippen LogP contribution >= 0.6 is 0 Å². The number of nitrogens with one attached hydrogen (secondary N) is 1. The maximum atomic E-state index is 11.9. The van der Waals surface area contributed by atoms with Crippen LogP contribution in [0.2, 0.25) is 0 Å². The maximum absolute atomic E-state index is 11.9. The van der Waals surface area contributed by atoms with Crippen molar-refractivity contribution in [3.05, 3.63) is 65.5 Å². The summed E-state index contributed by atoms with van der Waals surface area (Å²) < 4.78 is 10.6. The number of carbonyl (C=O) groups excluding carboxylic acids is 1. The van der Waals surface area contributed by atoms with Crippen molar-refractivity contribution in [2.45, 2.75) is 20.5 Å². The zero-order valence-electron chi connectivity index (χ0n) is 15.7. The van der Waals surface area contributed by atoms with E-state index in [1.165, 1.54) is 0 Å². The lowest BCUT2D eigenvalue weighted by Gasteiger charge is -2.10. The molecule has 0 fully saturated rings. The van der Waals surface area contributed by atoms with Gasteiger partial charge in [0.25, 0.3) is 0 Å². The number of anilines is 3. The topological polar surface area (TPSA) is 112 Å². The number of para-hydroxylation sites is 1. The molecule has 3 N–H and O–H groups in total. The summed E-state index contributed by atoms with van der Waals surface area (Å²) in [4.78, 5) is 24.2. The molecule has 0 bridgehead atoms. The molecule has 0 aliphatic rings. The second-order valence-corrected chi connectivity index (χ2v) is 6.14. The molecule has 3 aromatic rings. The predicted octanol–water partition coefficient (Wildman–Crippen LogP) is 2.94. The van der Waals surface area contributed by atoms with Crippen LogP contribution in [-0.2, 0) is 16.1 Å².